The Kier molecular flexibility index (Phi) is 5.24. The zero-order valence-electron chi connectivity index (χ0n) is 16.1. The molecule has 1 amide bonds. The van der Waals surface area contributed by atoms with Crippen molar-refractivity contribution in [3.8, 4) is 5.75 Å². The van der Waals surface area contributed by atoms with Gasteiger partial charge in [0.05, 0.1) is 0 Å². The van der Waals surface area contributed by atoms with Crippen LogP contribution in [0.3, 0.4) is 0 Å². The lowest BCUT2D eigenvalue weighted by atomic mass is 9.95. The highest BCUT2D eigenvalue weighted by atomic mass is 19.1. The Morgan fingerprint density at radius 2 is 2.17 bits per heavy atom. The van der Waals surface area contributed by atoms with Gasteiger partial charge >= 0.3 is 0 Å². The van der Waals surface area contributed by atoms with Crippen LogP contribution in [0.15, 0.2) is 36.5 Å². The Morgan fingerprint density at radius 1 is 1.34 bits per heavy atom. The smallest absolute Gasteiger partial charge is 0.249 e. The molecule has 1 aliphatic rings. The van der Waals surface area contributed by atoms with Crippen LogP contribution in [0.1, 0.15) is 40.7 Å². The largest absolute Gasteiger partial charge is 0.489 e. The van der Waals surface area contributed by atoms with E-state index in [4.69, 9.17) is 10.5 Å². The van der Waals surface area contributed by atoms with Crippen LogP contribution >= 0.6 is 0 Å². The van der Waals surface area contributed by atoms with Crippen LogP contribution in [0.25, 0.3) is 10.9 Å². The van der Waals surface area contributed by atoms with Crippen molar-refractivity contribution in [2.45, 2.75) is 31.7 Å². The fourth-order valence-corrected chi connectivity index (χ4v) is 3.99. The van der Waals surface area contributed by atoms with E-state index in [9.17, 15) is 13.6 Å². The molecule has 0 saturated heterocycles. The number of carbonyl (C=O) groups excluding carboxylic acids is 1. The number of benzene rings is 2. The minimum Gasteiger partial charge on any atom is -0.489 e. The summed E-state index contributed by atoms with van der Waals surface area (Å²) in [6, 6.07) is 7.30. The normalized spacial score (nSPS) is 17.0. The number of nitrogens with two attached hydrogens (primary N) is 1. The van der Waals surface area contributed by atoms with Crippen molar-refractivity contribution >= 4 is 16.8 Å². The van der Waals surface area contributed by atoms with E-state index in [1.54, 1.807) is 12.1 Å². The lowest BCUT2D eigenvalue weighted by Crippen LogP contribution is -2.41. The minimum absolute atomic E-state index is 0.0463. The van der Waals surface area contributed by atoms with Crippen molar-refractivity contribution in [1.29, 1.82) is 0 Å². The third-order valence-electron chi connectivity index (χ3n) is 5.57. The molecule has 5 nitrogen and oxygen atoms in total. The van der Waals surface area contributed by atoms with E-state index >= 15 is 0 Å². The molecule has 29 heavy (non-hydrogen) atoms. The maximum atomic E-state index is 14.0. The molecule has 2 heterocycles. The summed E-state index contributed by atoms with van der Waals surface area (Å²) >= 11 is 0. The number of fused-ring (bicyclic) bond motifs is 2. The van der Waals surface area contributed by atoms with E-state index in [1.165, 1.54) is 18.2 Å². The number of carbonyl (C=O) groups is 1. The van der Waals surface area contributed by atoms with Crippen molar-refractivity contribution in [2.24, 2.45) is 5.73 Å². The number of halogens is 2. The Morgan fingerprint density at radius 3 is 2.97 bits per heavy atom. The van der Waals surface area contributed by atoms with Gasteiger partial charge in [-0.1, -0.05) is 6.92 Å². The number of H-pyrrole nitrogens is 1. The number of hydrogen-bond donors (Lipinski definition) is 3. The lowest BCUT2D eigenvalue weighted by molar-refractivity contribution is 0.0997. The van der Waals surface area contributed by atoms with E-state index in [2.05, 4.69) is 17.2 Å². The molecule has 3 aromatic rings. The van der Waals surface area contributed by atoms with Gasteiger partial charge < -0.3 is 20.8 Å². The van der Waals surface area contributed by atoms with Crippen molar-refractivity contribution in [1.82, 2.24) is 10.3 Å². The standard InChI is InChI=1S/C22H23F2N3O2/c1-12(18-10-27-20-5-2-13(23)8-16(18)20)6-7-26-14-9-17-15(22(25)28)3-4-19(24)21(17)29-11-14/h2-5,8,10,12,14,26-27H,6-7,9,11H2,1H3,(H2,25,28)/t12?,14-/m0/s1. The lowest BCUT2D eigenvalue weighted by Gasteiger charge is -2.28. The summed E-state index contributed by atoms with van der Waals surface area (Å²) in [5.41, 5.74) is 8.22. The van der Waals surface area contributed by atoms with Gasteiger partial charge in [0.25, 0.3) is 0 Å². The quantitative estimate of drug-likeness (QED) is 0.592. The molecular formula is C22H23F2N3O2. The molecular weight excluding hydrogens is 376 g/mol. The van der Waals surface area contributed by atoms with Crippen LogP contribution in [-0.4, -0.2) is 30.1 Å². The molecule has 1 aromatic heterocycles. The molecule has 0 aliphatic carbocycles. The molecule has 2 atom stereocenters. The molecule has 1 aliphatic heterocycles. The van der Waals surface area contributed by atoms with Gasteiger partial charge in [0.2, 0.25) is 5.91 Å². The zero-order valence-corrected chi connectivity index (χ0v) is 16.1. The van der Waals surface area contributed by atoms with Crippen molar-refractivity contribution in [2.75, 3.05) is 13.2 Å². The summed E-state index contributed by atoms with van der Waals surface area (Å²) in [5, 5.41) is 4.31. The summed E-state index contributed by atoms with van der Waals surface area (Å²) in [7, 11) is 0. The maximum Gasteiger partial charge on any atom is 0.249 e. The number of aromatic amines is 1. The van der Waals surface area contributed by atoms with Crippen LogP contribution in [0, 0.1) is 11.6 Å². The number of amides is 1. The van der Waals surface area contributed by atoms with Gasteiger partial charge in [-0.05, 0) is 61.2 Å². The Bertz CT molecular complexity index is 1060. The van der Waals surface area contributed by atoms with E-state index in [-0.39, 0.29) is 23.5 Å². The predicted octanol–water partition coefficient (Wildman–Crippen LogP) is 3.63. The van der Waals surface area contributed by atoms with Gasteiger partial charge in [-0.2, -0.15) is 0 Å². The second-order valence-electron chi connectivity index (χ2n) is 7.56. The number of primary amides is 1. The van der Waals surface area contributed by atoms with Crippen LogP contribution in [0.5, 0.6) is 5.75 Å². The molecule has 0 radical (unpaired) electrons. The summed E-state index contributed by atoms with van der Waals surface area (Å²) in [6.07, 6.45) is 3.23. The first-order valence-corrected chi connectivity index (χ1v) is 9.68. The van der Waals surface area contributed by atoms with Crippen molar-refractivity contribution in [3.05, 3.63) is 64.9 Å². The van der Waals surface area contributed by atoms with Crippen LogP contribution in [0.2, 0.25) is 0 Å². The van der Waals surface area contributed by atoms with Gasteiger partial charge in [0, 0.05) is 34.3 Å². The molecule has 1 unspecified atom stereocenters. The SMILES string of the molecule is CC(CCN[C@@H]1COc2c(F)ccc(C(N)=O)c2C1)c1c[nH]c2ccc(F)cc12. The first-order chi connectivity index (χ1) is 13.9. The fourth-order valence-electron chi connectivity index (χ4n) is 3.99. The summed E-state index contributed by atoms with van der Waals surface area (Å²) in [4.78, 5) is 14.8. The second-order valence-corrected chi connectivity index (χ2v) is 7.56. The zero-order chi connectivity index (χ0) is 20.5. The van der Waals surface area contributed by atoms with Gasteiger partial charge in [0.15, 0.2) is 11.6 Å². The van der Waals surface area contributed by atoms with E-state index < -0.39 is 11.7 Å². The van der Waals surface area contributed by atoms with Gasteiger partial charge in [-0.15, -0.1) is 0 Å². The maximum absolute atomic E-state index is 14.0. The summed E-state index contributed by atoms with van der Waals surface area (Å²) in [6.45, 7) is 3.12. The molecule has 0 spiro atoms. The molecule has 0 saturated carbocycles. The first kappa shape index (κ1) is 19.4. The average molecular weight is 399 g/mol. The van der Waals surface area contributed by atoms with Crippen LogP contribution < -0.4 is 15.8 Å². The number of ether oxygens (including phenoxy) is 1. The third kappa shape index (κ3) is 3.82. The number of aromatic nitrogens is 1. The Hall–Kier alpha value is -2.93. The highest BCUT2D eigenvalue weighted by molar-refractivity contribution is 5.95. The summed E-state index contributed by atoms with van der Waals surface area (Å²) in [5.74, 6) is -0.990. The molecule has 0 fully saturated rings. The van der Waals surface area contributed by atoms with E-state index in [1.807, 2.05) is 6.20 Å². The second kappa shape index (κ2) is 7.83. The van der Waals surface area contributed by atoms with Crippen LogP contribution in [-0.2, 0) is 6.42 Å². The molecule has 2 aromatic carbocycles. The molecule has 152 valence electrons. The fraction of sp³-hybridized carbons (Fsp3) is 0.318. The van der Waals surface area contributed by atoms with Crippen LogP contribution in [0.4, 0.5) is 8.78 Å². The number of rotatable bonds is 6. The van der Waals surface area contributed by atoms with Gasteiger partial charge in [-0.25, -0.2) is 8.78 Å². The Labute approximate surface area is 167 Å². The predicted molar refractivity (Wildman–Crippen MR) is 107 cm³/mol. The topological polar surface area (TPSA) is 80.1 Å². The van der Waals surface area contributed by atoms with Gasteiger partial charge in [0.1, 0.15) is 12.4 Å². The highest BCUT2D eigenvalue weighted by Crippen LogP contribution is 2.31. The minimum atomic E-state index is -0.592. The van der Waals surface area contributed by atoms with Gasteiger partial charge in [-0.3, -0.25) is 4.79 Å². The molecule has 7 heteroatoms. The van der Waals surface area contributed by atoms with Crippen molar-refractivity contribution in [3.63, 3.8) is 0 Å². The highest BCUT2D eigenvalue weighted by Gasteiger charge is 2.26. The molecule has 4 N–H and O–H groups in total. The number of nitrogens with one attached hydrogen (secondary N) is 2. The monoisotopic (exact) mass is 399 g/mol. The Balaban J connectivity index is 1.40. The summed E-state index contributed by atoms with van der Waals surface area (Å²) < 4.78 is 33.1. The van der Waals surface area contributed by atoms with Crippen molar-refractivity contribution < 1.29 is 18.3 Å². The molecule has 0 bridgehead atoms. The molecule has 4 rings (SSSR count). The van der Waals surface area contributed by atoms with E-state index in [0.717, 1.165) is 22.9 Å². The number of hydrogen-bond acceptors (Lipinski definition) is 3. The third-order valence-corrected chi connectivity index (χ3v) is 5.57. The average Bonchev–Trinajstić information content (AvgIpc) is 3.11. The van der Waals surface area contributed by atoms with E-state index in [0.29, 0.717) is 30.7 Å². The first-order valence-electron chi connectivity index (χ1n) is 9.68.